The molecule has 5 heteroatoms. The minimum absolute atomic E-state index is 0.445. The molecule has 0 saturated carbocycles. The SMILES string of the molecule is NC(=O)c1ccc(-n2ccnc2)cc1Br. The lowest BCUT2D eigenvalue weighted by atomic mass is 10.2. The lowest BCUT2D eigenvalue weighted by molar-refractivity contribution is 0.0999. The number of primary amides is 1. The topological polar surface area (TPSA) is 60.9 Å². The molecule has 1 amide bonds. The zero-order chi connectivity index (χ0) is 10.8. The van der Waals surface area contributed by atoms with E-state index in [2.05, 4.69) is 20.9 Å². The average Bonchev–Trinajstić information content (AvgIpc) is 2.69. The minimum Gasteiger partial charge on any atom is -0.366 e. The first-order valence-electron chi connectivity index (χ1n) is 4.26. The quantitative estimate of drug-likeness (QED) is 0.899. The Morgan fingerprint density at radius 3 is 2.80 bits per heavy atom. The molecule has 1 aromatic carbocycles. The summed E-state index contributed by atoms with van der Waals surface area (Å²) in [4.78, 5) is 14.9. The number of hydrogen-bond acceptors (Lipinski definition) is 2. The first-order chi connectivity index (χ1) is 7.18. The highest BCUT2D eigenvalue weighted by Gasteiger charge is 2.06. The van der Waals surface area contributed by atoms with Crippen molar-refractivity contribution in [2.45, 2.75) is 0 Å². The van der Waals surface area contributed by atoms with E-state index in [4.69, 9.17) is 5.73 Å². The Morgan fingerprint density at radius 1 is 1.47 bits per heavy atom. The first kappa shape index (κ1) is 9.92. The second-order valence-electron chi connectivity index (χ2n) is 3.00. The van der Waals surface area contributed by atoms with Crippen LogP contribution in [0.4, 0.5) is 0 Å². The molecule has 0 saturated heterocycles. The molecule has 0 fully saturated rings. The molecule has 0 radical (unpaired) electrons. The first-order valence-corrected chi connectivity index (χ1v) is 5.05. The van der Waals surface area contributed by atoms with E-state index in [0.29, 0.717) is 10.0 Å². The normalized spacial score (nSPS) is 10.2. The number of nitrogens with two attached hydrogens (primary N) is 1. The van der Waals surface area contributed by atoms with Crippen LogP contribution < -0.4 is 5.73 Å². The summed E-state index contributed by atoms with van der Waals surface area (Å²) in [6.45, 7) is 0. The molecule has 76 valence electrons. The Morgan fingerprint density at radius 2 is 2.27 bits per heavy atom. The predicted octanol–water partition coefficient (Wildman–Crippen LogP) is 1.73. The highest BCUT2D eigenvalue weighted by molar-refractivity contribution is 9.10. The molecule has 0 aliphatic heterocycles. The van der Waals surface area contributed by atoms with Gasteiger partial charge >= 0.3 is 0 Å². The Hall–Kier alpha value is -1.62. The molecule has 15 heavy (non-hydrogen) atoms. The van der Waals surface area contributed by atoms with E-state index in [-0.39, 0.29) is 0 Å². The third-order valence-electron chi connectivity index (χ3n) is 2.02. The van der Waals surface area contributed by atoms with Gasteiger partial charge in [-0.05, 0) is 34.1 Å². The van der Waals surface area contributed by atoms with E-state index < -0.39 is 5.91 Å². The molecule has 2 N–H and O–H groups in total. The van der Waals surface area contributed by atoms with Gasteiger partial charge < -0.3 is 10.3 Å². The zero-order valence-corrected chi connectivity index (χ0v) is 9.31. The van der Waals surface area contributed by atoms with Crippen molar-refractivity contribution >= 4 is 21.8 Å². The maximum atomic E-state index is 11.0. The number of benzene rings is 1. The van der Waals surface area contributed by atoms with Crippen molar-refractivity contribution in [3.8, 4) is 5.69 Å². The van der Waals surface area contributed by atoms with Gasteiger partial charge in [0.2, 0.25) is 5.91 Å². The van der Waals surface area contributed by atoms with Crippen LogP contribution in [0.5, 0.6) is 0 Å². The zero-order valence-electron chi connectivity index (χ0n) is 7.72. The van der Waals surface area contributed by atoms with Crippen LogP contribution >= 0.6 is 15.9 Å². The number of carbonyl (C=O) groups excluding carboxylic acids is 1. The summed E-state index contributed by atoms with van der Waals surface area (Å²) < 4.78 is 2.52. The van der Waals surface area contributed by atoms with E-state index >= 15 is 0 Å². The van der Waals surface area contributed by atoms with Gasteiger partial charge in [-0.15, -0.1) is 0 Å². The molecule has 0 aliphatic rings. The standard InChI is InChI=1S/C10H8BrN3O/c11-9-5-7(14-4-3-13-6-14)1-2-8(9)10(12)15/h1-6H,(H2,12,15). The molecule has 0 atom stereocenters. The maximum absolute atomic E-state index is 11.0. The summed E-state index contributed by atoms with van der Waals surface area (Å²) in [5.74, 6) is -0.445. The molecule has 0 bridgehead atoms. The fraction of sp³-hybridized carbons (Fsp3) is 0. The largest absolute Gasteiger partial charge is 0.366 e. The van der Waals surface area contributed by atoms with Crippen molar-refractivity contribution in [3.05, 3.63) is 47.0 Å². The van der Waals surface area contributed by atoms with Crippen LogP contribution in [0, 0.1) is 0 Å². The summed E-state index contributed by atoms with van der Waals surface area (Å²) in [5, 5.41) is 0. The van der Waals surface area contributed by atoms with Gasteiger partial charge in [-0.3, -0.25) is 4.79 Å². The highest BCUT2D eigenvalue weighted by atomic mass is 79.9. The van der Waals surface area contributed by atoms with Crippen molar-refractivity contribution in [1.29, 1.82) is 0 Å². The fourth-order valence-electron chi connectivity index (χ4n) is 1.28. The Balaban J connectivity index is 2.47. The number of rotatable bonds is 2. The second-order valence-corrected chi connectivity index (χ2v) is 3.85. The van der Waals surface area contributed by atoms with Gasteiger partial charge in [0.1, 0.15) is 0 Å². The van der Waals surface area contributed by atoms with Crippen molar-refractivity contribution in [3.63, 3.8) is 0 Å². The molecular formula is C10H8BrN3O. The Kier molecular flexibility index (Phi) is 2.55. The molecule has 0 spiro atoms. The van der Waals surface area contributed by atoms with Gasteiger partial charge in [-0.25, -0.2) is 4.98 Å². The van der Waals surface area contributed by atoms with E-state index in [0.717, 1.165) is 5.69 Å². The van der Waals surface area contributed by atoms with Crippen molar-refractivity contribution in [1.82, 2.24) is 9.55 Å². The van der Waals surface area contributed by atoms with Crippen LogP contribution in [0.25, 0.3) is 5.69 Å². The number of amides is 1. The lowest BCUT2D eigenvalue weighted by Gasteiger charge is -2.05. The van der Waals surface area contributed by atoms with E-state index in [1.54, 1.807) is 18.6 Å². The molecular weight excluding hydrogens is 258 g/mol. The van der Waals surface area contributed by atoms with E-state index in [1.807, 2.05) is 22.9 Å². The third-order valence-corrected chi connectivity index (χ3v) is 2.68. The summed E-state index contributed by atoms with van der Waals surface area (Å²) in [6.07, 6.45) is 5.20. The number of imidazole rings is 1. The minimum atomic E-state index is -0.445. The summed E-state index contributed by atoms with van der Waals surface area (Å²) in [5.41, 5.74) is 6.59. The number of aromatic nitrogens is 2. The second kappa shape index (κ2) is 3.86. The van der Waals surface area contributed by atoms with E-state index in [9.17, 15) is 4.79 Å². The monoisotopic (exact) mass is 265 g/mol. The molecule has 0 unspecified atom stereocenters. The molecule has 0 aliphatic carbocycles. The Labute approximate surface area is 94.9 Å². The molecule has 2 aromatic rings. The number of carbonyl (C=O) groups is 1. The summed E-state index contributed by atoms with van der Waals surface area (Å²) in [6, 6.07) is 5.32. The van der Waals surface area contributed by atoms with Crippen LogP contribution in [0.15, 0.2) is 41.4 Å². The molecule has 4 nitrogen and oxygen atoms in total. The number of hydrogen-bond donors (Lipinski definition) is 1. The van der Waals surface area contributed by atoms with Crippen LogP contribution in [0.1, 0.15) is 10.4 Å². The smallest absolute Gasteiger partial charge is 0.249 e. The fourth-order valence-corrected chi connectivity index (χ4v) is 1.84. The third kappa shape index (κ3) is 1.92. The van der Waals surface area contributed by atoms with Gasteiger partial charge in [0.15, 0.2) is 0 Å². The van der Waals surface area contributed by atoms with E-state index in [1.165, 1.54) is 0 Å². The van der Waals surface area contributed by atoms with Crippen molar-refractivity contribution in [2.24, 2.45) is 5.73 Å². The number of halogens is 1. The van der Waals surface area contributed by atoms with Crippen molar-refractivity contribution in [2.75, 3.05) is 0 Å². The van der Waals surface area contributed by atoms with Crippen LogP contribution in [0.2, 0.25) is 0 Å². The van der Waals surface area contributed by atoms with Crippen LogP contribution in [-0.4, -0.2) is 15.5 Å². The summed E-state index contributed by atoms with van der Waals surface area (Å²) in [7, 11) is 0. The number of nitrogens with zero attached hydrogens (tertiary/aromatic N) is 2. The predicted molar refractivity (Wildman–Crippen MR) is 59.8 cm³/mol. The lowest BCUT2D eigenvalue weighted by Crippen LogP contribution is -2.11. The van der Waals surface area contributed by atoms with Crippen molar-refractivity contribution < 1.29 is 4.79 Å². The molecule has 2 rings (SSSR count). The highest BCUT2D eigenvalue weighted by Crippen LogP contribution is 2.20. The Bertz CT molecular complexity index is 493. The van der Waals surface area contributed by atoms with Gasteiger partial charge in [-0.2, -0.15) is 0 Å². The maximum Gasteiger partial charge on any atom is 0.249 e. The van der Waals surface area contributed by atoms with Gasteiger partial charge in [-0.1, -0.05) is 0 Å². The molecule has 1 heterocycles. The molecule has 1 aromatic heterocycles. The van der Waals surface area contributed by atoms with Gasteiger partial charge in [0.05, 0.1) is 11.9 Å². The van der Waals surface area contributed by atoms with Gasteiger partial charge in [0.25, 0.3) is 0 Å². The van der Waals surface area contributed by atoms with Crippen LogP contribution in [0.3, 0.4) is 0 Å². The van der Waals surface area contributed by atoms with Gasteiger partial charge in [0, 0.05) is 22.6 Å². The average molecular weight is 266 g/mol. The summed E-state index contributed by atoms with van der Waals surface area (Å²) >= 11 is 3.30. The van der Waals surface area contributed by atoms with Crippen LogP contribution in [-0.2, 0) is 0 Å².